The Balaban J connectivity index is 2.30. The summed E-state index contributed by atoms with van der Waals surface area (Å²) in [4.78, 5) is 3.86. The molecule has 0 amide bonds. The first-order chi connectivity index (χ1) is 8.96. The summed E-state index contributed by atoms with van der Waals surface area (Å²) < 4.78 is 29.8. The van der Waals surface area contributed by atoms with Gasteiger partial charge >= 0.3 is 0 Å². The van der Waals surface area contributed by atoms with Crippen LogP contribution in [0.1, 0.15) is 12.5 Å². The highest BCUT2D eigenvalue weighted by Crippen LogP contribution is 2.16. The third kappa shape index (κ3) is 2.76. The molecule has 8 nitrogen and oxygen atoms in total. The Morgan fingerprint density at radius 1 is 1.42 bits per heavy atom. The lowest BCUT2D eigenvalue weighted by atomic mass is 10.3. The van der Waals surface area contributed by atoms with Crippen LogP contribution in [0.5, 0.6) is 0 Å². The van der Waals surface area contributed by atoms with Crippen molar-refractivity contribution in [3.63, 3.8) is 0 Å². The normalized spacial score (nSPS) is 11.7. The molecule has 0 aliphatic heterocycles. The zero-order chi connectivity index (χ0) is 14.0. The summed E-state index contributed by atoms with van der Waals surface area (Å²) in [5.74, 6) is 0.232. The number of nitrogens with one attached hydrogen (secondary N) is 1. The number of rotatable bonds is 5. The molecule has 2 aromatic heterocycles. The molecule has 0 spiro atoms. The van der Waals surface area contributed by atoms with Gasteiger partial charge in [0.25, 0.3) is 10.0 Å². The van der Waals surface area contributed by atoms with Gasteiger partial charge in [0.05, 0.1) is 6.33 Å². The van der Waals surface area contributed by atoms with Crippen LogP contribution in [-0.2, 0) is 30.2 Å². The molecule has 0 saturated heterocycles. The van der Waals surface area contributed by atoms with E-state index in [4.69, 9.17) is 5.73 Å². The zero-order valence-corrected chi connectivity index (χ0v) is 11.6. The second-order valence-corrected chi connectivity index (χ2v) is 5.66. The van der Waals surface area contributed by atoms with Gasteiger partial charge in [-0.05, 0) is 6.92 Å². The second kappa shape index (κ2) is 5.02. The fraction of sp³-hybridized carbons (Fsp3) is 0.400. The predicted molar refractivity (Wildman–Crippen MR) is 69.8 cm³/mol. The number of aryl methyl sites for hydroxylation is 2. The van der Waals surface area contributed by atoms with E-state index in [0.29, 0.717) is 12.1 Å². The van der Waals surface area contributed by atoms with E-state index in [0.717, 1.165) is 0 Å². The fourth-order valence-corrected chi connectivity index (χ4v) is 2.59. The van der Waals surface area contributed by atoms with Crippen LogP contribution in [0.15, 0.2) is 23.7 Å². The van der Waals surface area contributed by atoms with Crippen molar-refractivity contribution in [2.45, 2.75) is 25.0 Å². The van der Waals surface area contributed by atoms with Gasteiger partial charge in [0, 0.05) is 38.1 Å². The Labute approximate surface area is 111 Å². The van der Waals surface area contributed by atoms with Crippen molar-refractivity contribution in [3.8, 4) is 0 Å². The minimum atomic E-state index is -3.74. The molecule has 0 aromatic carbocycles. The van der Waals surface area contributed by atoms with Crippen LogP contribution in [-0.4, -0.2) is 27.7 Å². The van der Waals surface area contributed by atoms with Gasteiger partial charge in [-0.1, -0.05) is 0 Å². The first kappa shape index (κ1) is 13.6. The van der Waals surface area contributed by atoms with Gasteiger partial charge < -0.3 is 10.3 Å². The van der Waals surface area contributed by atoms with Crippen LogP contribution in [0.4, 0.5) is 5.82 Å². The van der Waals surface area contributed by atoms with Gasteiger partial charge in [0.2, 0.25) is 0 Å². The smallest absolute Gasteiger partial charge is 0.282 e. The third-order valence-electron chi connectivity index (χ3n) is 2.61. The maximum Gasteiger partial charge on any atom is 0.282 e. The van der Waals surface area contributed by atoms with E-state index in [-0.39, 0.29) is 17.4 Å². The molecule has 0 radical (unpaired) electrons. The lowest BCUT2D eigenvalue weighted by Gasteiger charge is -2.04. The van der Waals surface area contributed by atoms with E-state index in [9.17, 15) is 8.42 Å². The minimum Gasteiger partial charge on any atom is -0.336 e. The number of anilines is 1. The van der Waals surface area contributed by atoms with E-state index in [1.54, 1.807) is 17.8 Å². The highest BCUT2D eigenvalue weighted by molar-refractivity contribution is 7.92. The SMILES string of the molecule is CCn1cnc(S(=O)(=O)Nc2nn(C)cc2CN)c1. The average Bonchev–Trinajstić information content (AvgIpc) is 2.95. The number of nitrogens with zero attached hydrogens (tertiary/aromatic N) is 4. The Morgan fingerprint density at radius 2 is 2.16 bits per heavy atom. The molecule has 0 atom stereocenters. The van der Waals surface area contributed by atoms with Gasteiger partial charge in [0.1, 0.15) is 0 Å². The van der Waals surface area contributed by atoms with Crippen molar-refractivity contribution in [2.75, 3.05) is 4.72 Å². The summed E-state index contributed by atoms with van der Waals surface area (Å²) in [5, 5.41) is 3.99. The summed E-state index contributed by atoms with van der Waals surface area (Å²) in [6.07, 6.45) is 4.60. The minimum absolute atomic E-state index is 0.0389. The number of hydrogen-bond donors (Lipinski definition) is 2. The van der Waals surface area contributed by atoms with Gasteiger partial charge in [-0.15, -0.1) is 0 Å². The second-order valence-electron chi connectivity index (χ2n) is 4.03. The molecule has 9 heteroatoms. The molecule has 0 aliphatic carbocycles. The molecule has 0 saturated carbocycles. The topological polar surface area (TPSA) is 108 Å². The predicted octanol–water partition coefficient (Wildman–Crippen LogP) is -0.104. The molecular weight excluding hydrogens is 268 g/mol. The van der Waals surface area contributed by atoms with Crippen molar-refractivity contribution in [2.24, 2.45) is 12.8 Å². The molecule has 2 heterocycles. The molecule has 0 aliphatic rings. The summed E-state index contributed by atoms with van der Waals surface area (Å²) in [7, 11) is -2.04. The fourth-order valence-electron chi connectivity index (χ4n) is 1.60. The van der Waals surface area contributed by atoms with Crippen molar-refractivity contribution in [3.05, 3.63) is 24.3 Å². The van der Waals surface area contributed by atoms with E-state index in [1.807, 2.05) is 6.92 Å². The molecular formula is C10H16N6O2S. The summed E-state index contributed by atoms with van der Waals surface area (Å²) in [5.41, 5.74) is 6.17. The van der Waals surface area contributed by atoms with Gasteiger partial charge in [0.15, 0.2) is 10.8 Å². The van der Waals surface area contributed by atoms with Crippen LogP contribution < -0.4 is 10.5 Å². The Hall–Kier alpha value is -1.87. The van der Waals surface area contributed by atoms with E-state index in [2.05, 4.69) is 14.8 Å². The Kier molecular flexibility index (Phi) is 3.58. The number of aromatic nitrogens is 4. The maximum atomic E-state index is 12.1. The molecule has 3 N–H and O–H groups in total. The highest BCUT2D eigenvalue weighted by atomic mass is 32.2. The number of nitrogens with two attached hydrogens (primary N) is 1. The zero-order valence-electron chi connectivity index (χ0n) is 10.7. The van der Waals surface area contributed by atoms with Gasteiger partial charge in [-0.25, -0.2) is 4.98 Å². The summed E-state index contributed by atoms with van der Waals surface area (Å²) >= 11 is 0. The highest BCUT2D eigenvalue weighted by Gasteiger charge is 2.20. The first-order valence-corrected chi connectivity index (χ1v) is 7.21. The van der Waals surface area contributed by atoms with Crippen molar-refractivity contribution < 1.29 is 8.42 Å². The third-order valence-corrected chi connectivity index (χ3v) is 3.83. The van der Waals surface area contributed by atoms with Crippen molar-refractivity contribution >= 4 is 15.8 Å². The standard InChI is InChI=1S/C10H16N6O2S/c1-3-16-6-9(12-7-16)19(17,18)14-10-8(4-11)5-15(2)13-10/h5-7H,3-4,11H2,1-2H3,(H,13,14). The van der Waals surface area contributed by atoms with Gasteiger partial charge in [-0.3, -0.25) is 9.40 Å². The average molecular weight is 284 g/mol. The lowest BCUT2D eigenvalue weighted by Crippen LogP contribution is -2.15. The summed E-state index contributed by atoms with van der Waals surface area (Å²) in [6.45, 7) is 2.76. The molecule has 19 heavy (non-hydrogen) atoms. The van der Waals surface area contributed by atoms with Crippen LogP contribution in [0.25, 0.3) is 0 Å². The summed E-state index contributed by atoms with van der Waals surface area (Å²) in [6, 6.07) is 0. The largest absolute Gasteiger partial charge is 0.336 e. The quantitative estimate of drug-likeness (QED) is 0.797. The van der Waals surface area contributed by atoms with Crippen LogP contribution >= 0.6 is 0 Å². The molecule has 0 bridgehead atoms. The van der Waals surface area contributed by atoms with Crippen LogP contribution in [0.2, 0.25) is 0 Å². The molecule has 0 fully saturated rings. The lowest BCUT2D eigenvalue weighted by molar-refractivity contribution is 0.597. The molecule has 2 aromatic rings. The van der Waals surface area contributed by atoms with E-state index < -0.39 is 10.0 Å². The first-order valence-electron chi connectivity index (χ1n) is 5.73. The van der Waals surface area contributed by atoms with E-state index >= 15 is 0 Å². The Morgan fingerprint density at radius 3 is 2.74 bits per heavy atom. The molecule has 104 valence electrons. The van der Waals surface area contributed by atoms with E-state index in [1.165, 1.54) is 17.2 Å². The number of imidazole rings is 1. The van der Waals surface area contributed by atoms with Crippen LogP contribution in [0, 0.1) is 0 Å². The monoisotopic (exact) mass is 284 g/mol. The number of sulfonamides is 1. The van der Waals surface area contributed by atoms with Gasteiger partial charge in [-0.2, -0.15) is 13.5 Å². The maximum absolute atomic E-state index is 12.1. The molecule has 0 unspecified atom stereocenters. The Bertz CT molecular complexity index is 672. The molecule has 2 rings (SSSR count). The van der Waals surface area contributed by atoms with Crippen molar-refractivity contribution in [1.29, 1.82) is 0 Å². The van der Waals surface area contributed by atoms with Crippen LogP contribution in [0.3, 0.4) is 0 Å². The number of hydrogen-bond acceptors (Lipinski definition) is 5. The van der Waals surface area contributed by atoms with Crippen molar-refractivity contribution in [1.82, 2.24) is 19.3 Å².